The van der Waals surface area contributed by atoms with E-state index < -0.39 is 0 Å². The Hall–Kier alpha value is -1.56. The Morgan fingerprint density at radius 2 is 2.12 bits per heavy atom. The van der Waals surface area contributed by atoms with Gasteiger partial charge in [-0.25, -0.2) is 4.99 Å². The molecule has 1 aromatic rings. The summed E-state index contributed by atoms with van der Waals surface area (Å²) in [5, 5.41) is 21.2. The summed E-state index contributed by atoms with van der Waals surface area (Å²) in [6, 6.07) is 2.02. The van der Waals surface area contributed by atoms with Gasteiger partial charge in [0.05, 0.1) is 11.8 Å². The van der Waals surface area contributed by atoms with Crippen LogP contribution in [0.2, 0.25) is 0 Å². The van der Waals surface area contributed by atoms with Crippen LogP contribution in [0.3, 0.4) is 0 Å². The Kier molecular flexibility index (Phi) is 7.94. The van der Waals surface area contributed by atoms with E-state index in [9.17, 15) is 5.11 Å². The van der Waals surface area contributed by atoms with Crippen LogP contribution < -0.4 is 10.6 Å². The van der Waals surface area contributed by atoms with Crippen molar-refractivity contribution >= 4 is 5.96 Å². The molecule has 0 spiro atoms. The fraction of sp³-hybridized carbons (Fsp3) is 0.800. The van der Waals surface area contributed by atoms with Crippen LogP contribution in [-0.4, -0.2) is 35.4 Å². The van der Waals surface area contributed by atoms with E-state index in [1.165, 1.54) is 6.42 Å². The first-order valence-electron chi connectivity index (χ1n) is 10.2. The second-order valence-electron chi connectivity index (χ2n) is 7.70. The second kappa shape index (κ2) is 9.95. The summed E-state index contributed by atoms with van der Waals surface area (Å²) in [6.07, 6.45) is 6.12. The zero-order valence-corrected chi connectivity index (χ0v) is 16.8. The van der Waals surface area contributed by atoms with Crippen LogP contribution in [0, 0.1) is 5.41 Å². The standard InChI is InChI=1S/C20H36N4O2/c1-5-15(6-2)17-12-16(26-24-17)13-22-19(21-7-3)23-14-20(4)11-9-8-10-18(20)25/h12,15,18,25H,5-11,13-14H2,1-4H3,(H2,21,22,23). The lowest BCUT2D eigenvalue weighted by Gasteiger charge is -2.38. The molecule has 2 unspecified atom stereocenters. The molecule has 0 radical (unpaired) electrons. The lowest BCUT2D eigenvalue weighted by atomic mass is 9.73. The van der Waals surface area contributed by atoms with E-state index in [-0.39, 0.29) is 11.5 Å². The van der Waals surface area contributed by atoms with E-state index in [2.05, 4.69) is 41.6 Å². The van der Waals surface area contributed by atoms with E-state index in [1.54, 1.807) is 0 Å². The van der Waals surface area contributed by atoms with Crippen LogP contribution in [0.1, 0.15) is 83.6 Å². The van der Waals surface area contributed by atoms with Gasteiger partial charge in [-0.15, -0.1) is 0 Å². The van der Waals surface area contributed by atoms with Gasteiger partial charge in [0, 0.05) is 30.5 Å². The van der Waals surface area contributed by atoms with Crippen molar-refractivity contribution in [3.63, 3.8) is 0 Å². The van der Waals surface area contributed by atoms with Crippen molar-refractivity contribution in [1.29, 1.82) is 0 Å². The maximum absolute atomic E-state index is 10.4. The molecule has 2 atom stereocenters. The average Bonchev–Trinajstić information content (AvgIpc) is 3.10. The number of aliphatic hydroxyl groups excluding tert-OH is 1. The van der Waals surface area contributed by atoms with Gasteiger partial charge in [0.2, 0.25) is 0 Å². The summed E-state index contributed by atoms with van der Waals surface area (Å²) in [7, 11) is 0. The molecule has 0 bridgehead atoms. The van der Waals surface area contributed by atoms with Gasteiger partial charge in [0.25, 0.3) is 0 Å². The molecule has 148 valence electrons. The Morgan fingerprint density at radius 3 is 2.77 bits per heavy atom. The van der Waals surface area contributed by atoms with Crippen molar-refractivity contribution in [3.05, 3.63) is 17.5 Å². The SMILES string of the molecule is CCNC(=NCc1cc(C(CC)CC)no1)NCC1(C)CCCCC1O. The molecular weight excluding hydrogens is 328 g/mol. The number of rotatable bonds is 8. The molecule has 2 rings (SSSR count). The minimum atomic E-state index is -0.247. The molecule has 1 aliphatic rings. The predicted molar refractivity (Wildman–Crippen MR) is 105 cm³/mol. The lowest BCUT2D eigenvalue weighted by molar-refractivity contribution is 0.00397. The fourth-order valence-corrected chi connectivity index (χ4v) is 3.67. The van der Waals surface area contributed by atoms with E-state index in [0.29, 0.717) is 12.5 Å². The summed E-state index contributed by atoms with van der Waals surface area (Å²) in [6.45, 7) is 10.5. The molecule has 6 nitrogen and oxygen atoms in total. The number of aliphatic hydroxyl groups is 1. The van der Waals surface area contributed by atoms with Gasteiger partial charge < -0.3 is 20.3 Å². The normalized spacial score (nSPS) is 24.1. The van der Waals surface area contributed by atoms with Crippen LogP contribution in [-0.2, 0) is 6.54 Å². The second-order valence-corrected chi connectivity index (χ2v) is 7.70. The molecule has 1 saturated carbocycles. The Balaban J connectivity index is 1.96. The van der Waals surface area contributed by atoms with Crippen LogP contribution >= 0.6 is 0 Å². The van der Waals surface area contributed by atoms with Gasteiger partial charge in [-0.3, -0.25) is 0 Å². The van der Waals surface area contributed by atoms with E-state index in [4.69, 9.17) is 4.52 Å². The van der Waals surface area contributed by atoms with Crippen molar-refractivity contribution < 1.29 is 9.63 Å². The van der Waals surface area contributed by atoms with Crippen molar-refractivity contribution in [2.75, 3.05) is 13.1 Å². The minimum absolute atomic E-state index is 0.0939. The first kappa shape index (κ1) is 20.7. The van der Waals surface area contributed by atoms with Gasteiger partial charge >= 0.3 is 0 Å². The van der Waals surface area contributed by atoms with Crippen molar-refractivity contribution in [2.45, 2.75) is 84.8 Å². The van der Waals surface area contributed by atoms with Gasteiger partial charge in [0.1, 0.15) is 6.54 Å². The molecule has 0 aliphatic heterocycles. The van der Waals surface area contributed by atoms with Crippen molar-refractivity contribution in [1.82, 2.24) is 15.8 Å². The number of hydrogen-bond donors (Lipinski definition) is 3. The Labute approximate surface area is 157 Å². The maximum Gasteiger partial charge on any atom is 0.191 e. The first-order valence-corrected chi connectivity index (χ1v) is 10.2. The predicted octanol–water partition coefficient (Wildman–Crippen LogP) is 3.57. The average molecular weight is 365 g/mol. The summed E-state index contributed by atoms with van der Waals surface area (Å²) in [4.78, 5) is 4.63. The number of guanidine groups is 1. The van der Waals surface area contributed by atoms with Crippen molar-refractivity contribution in [3.8, 4) is 0 Å². The number of aromatic nitrogens is 1. The monoisotopic (exact) mass is 364 g/mol. The van der Waals surface area contributed by atoms with E-state index >= 15 is 0 Å². The van der Waals surface area contributed by atoms with Gasteiger partial charge in [-0.05, 0) is 32.6 Å². The highest BCUT2D eigenvalue weighted by Gasteiger charge is 2.35. The topological polar surface area (TPSA) is 82.7 Å². The zero-order chi connectivity index (χ0) is 19.0. The number of nitrogens with zero attached hydrogens (tertiary/aromatic N) is 2. The molecule has 1 aromatic heterocycles. The van der Waals surface area contributed by atoms with Gasteiger partial charge in [-0.1, -0.05) is 38.8 Å². The van der Waals surface area contributed by atoms with E-state index in [0.717, 1.165) is 62.6 Å². The highest BCUT2D eigenvalue weighted by molar-refractivity contribution is 5.79. The fourth-order valence-electron chi connectivity index (χ4n) is 3.67. The highest BCUT2D eigenvalue weighted by Crippen LogP contribution is 2.35. The number of hydrogen-bond acceptors (Lipinski definition) is 4. The van der Waals surface area contributed by atoms with Crippen molar-refractivity contribution in [2.24, 2.45) is 10.4 Å². The van der Waals surface area contributed by atoms with E-state index in [1.807, 2.05) is 13.0 Å². The van der Waals surface area contributed by atoms with Gasteiger partial charge in [0.15, 0.2) is 11.7 Å². The first-order chi connectivity index (χ1) is 12.5. The molecule has 3 N–H and O–H groups in total. The minimum Gasteiger partial charge on any atom is -0.392 e. The quantitative estimate of drug-likeness (QED) is 0.485. The molecule has 0 aromatic carbocycles. The molecule has 26 heavy (non-hydrogen) atoms. The molecule has 1 fully saturated rings. The molecular formula is C20H36N4O2. The summed E-state index contributed by atoms with van der Waals surface area (Å²) >= 11 is 0. The largest absolute Gasteiger partial charge is 0.392 e. The Morgan fingerprint density at radius 1 is 1.35 bits per heavy atom. The summed E-state index contributed by atoms with van der Waals surface area (Å²) < 4.78 is 5.46. The summed E-state index contributed by atoms with van der Waals surface area (Å²) in [5.74, 6) is 2.00. The summed E-state index contributed by atoms with van der Waals surface area (Å²) in [5.41, 5.74) is 0.930. The third kappa shape index (κ3) is 5.47. The third-order valence-electron chi connectivity index (χ3n) is 5.66. The molecule has 6 heteroatoms. The number of nitrogens with one attached hydrogen (secondary N) is 2. The Bertz CT molecular complexity index is 568. The molecule has 0 saturated heterocycles. The van der Waals surface area contributed by atoms with Crippen LogP contribution in [0.4, 0.5) is 0 Å². The number of aliphatic imine (C=N–C) groups is 1. The highest BCUT2D eigenvalue weighted by atomic mass is 16.5. The molecule has 1 aliphatic carbocycles. The molecule has 0 amide bonds. The van der Waals surface area contributed by atoms with Gasteiger partial charge in [-0.2, -0.15) is 0 Å². The lowest BCUT2D eigenvalue weighted by Crippen LogP contribution is -2.48. The third-order valence-corrected chi connectivity index (χ3v) is 5.66. The van der Waals surface area contributed by atoms with Crippen LogP contribution in [0.25, 0.3) is 0 Å². The molecule has 1 heterocycles. The zero-order valence-electron chi connectivity index (χ0n) is 16.8. The smallest absolute Gasteiger partial charge is 0.191 e. The maximum atomic E-state index is 10.4. The van der Waals surface area contributed by atoms with Crippen LogP contribution in [0.5, 0.6) is 0 Å². The van der Waals surface area contributed by atoms with Crippen LogP contribution in [0.15, 0.2) is 15.6 Å².